The topological polar surface area (TPSA) is 157 Å². The number of aliphatic carboxylic acids is 3. The Hall–Kier alpha value is -1.48. The lowest BCUT2D eigenvalue weighted by atomic mass is 9.99. The summed E-state index contributed by atoms with van der Waals surface area (Å²) < 4.78 is 24.7. The van der Waals surface area contributed by atoms with Crippen molar-refractivity contribution < 1.29 is 47.8 Å². The Balaban J connectivity index is 5.27. The van der Waals surface area contributed by atoms with Crippen LogP contribution >= 0.6 is 7.82 Å². The molecule has 2 atom stereocenters. The van der Waals surface area contributed by atoms with Crippen molar-refractivity contribution in [1.29, 1.82) is 0 Å². The highest BCUT2D eigenvalue weighted by Crippen LogP contribution is 2.49. The minimum atomic E-state index is -4.27. The fourth-order valence-electron chi connectivity index (χ4n) is 1.10. The molecular weight excluding hydrogens is 287 g/mol. The molecule has 0 aliphatic heterocycles. The molecule has 0 radical (unpaired) electrons. The molecule has 2 unspecified atom stereocenters. The van der Waals surface area contributed by atoms with Crippen molar-refractivity contribution in [3.05, 3.63) is 0 Å². The predicted molar refractivity (Wildman–Crippen MR) is 57.5 cm³/mol. The Kier molecular flexibility index (Phi) is 6.63. The van der Waals surface area contributed by atoms with Gasteiger partial charge in [0.25, 0.3) is 0 Å². The van der Waals surface area contributed by atoms with E-state index < -0.39 is 44.2 Å². The van der Waals surface area contributed by atoms with Crippen LogP contribution in [0.3, 0.4) is 0 Å². The SMILES string of the molecule is COP(=O)(OC)OC(C(=O)O)C(CC(=O)O)C(=O)O. The molecule has 3 N–H and O–H groups in total. The zero-order valence-electron chi connectivity index (χ0n) is 10.0. The fraction of sp³-hybridized carbons (Fsp3) is 0.625. The summed E-state index contributed by atoms with van der Waals surface area (Å²) in [6, 6.07) is 0. The molecule has 0 bridgehead atoms. The second-order valence-electron chi connectivity index (χ2n) is 3.22. The molecule has 0 fully saturated rings. The molecule has 0 aromatic carbocycles. The van der Waals surface area contributed by atoms with Crippen molar-refractivity contribution in [2.24, 2.45) is 5.92 Å². The number of hydrogen-bond acceptors (Lipinski definition) is 7. The standard InChI is InChI=1S/C8H13O10P/c1-16-19(15,17-2)18-6(8(13)14)4(7(11)12)3-5(9)10/h4,6H,3H2,1-2H3,(H,9,10)(H,11,12)(H,13,14). The monoisotopic (exact) mass is 300 g/mol. The van der Waals surface area contributed by atoms with Crippen LogP contribution in [0.5, 0.6) is 0 Å². The van der Waals surface area contributed by atoms with Gasteiger partial charge >= 0.3 is 25.7 Å². The Labute approximate surface area is 107 Å². The van der Waals surface area contributed by atoms with Crippen molar-refractivity contribution in [1.82, 2.24) is 0 Å². The lowest BCUT2D eigenvalue weighted by Crippen LogP contribution is -2.38. The zero-order chi connectivity index (χ0) is 15.2. The van der Waals surface area contributed by atoms with Crippen LogP contribution < -0.4 is 0 Å². The van der Waals surface area contributed by atoms with Gasteiger partial charge in [-0.25, -0.2) is 9.36 Å². The molecule has 0 aromatic rings. The van der Waals surface area contributed by atoms with E-state index in [4.69, 9.17) is 15.3 Å². The van der Waals surface area contributed by atoms with E-state index in [1.54, 1.807) is 0 Å². The van der Waals surface area contributed by atoms with Crippen LogP contribution in [0.25, 0.3) is 0 Å². The van der Waals surface area contributed by atoms with Crippen molar-refractivity contribution in [3.63, 3.8) is 0 Å². The van der Waals surface area contributed by atoms with Gasteiger partial charge in [-0.05, 0) is 0 Å². The summed E-state index contributed by atoms with van der Waals surface area (Å²) in [5, 5.41) is 26.2. The van der Waals surface area contributed by atoms with Gasteiger partial charge in [0.05, 0.1) is 6.42 Å². The smallest absolute Gasteiger partial charge is 0.475 e. The molecule has 0 aliphatic carbocycles. The van der Waals surface area contributed by atoms with E-state index in [1.807, 2.05) is 0 Å². The van der Waals surface area contributed by atoms with Crippen molar-refractivity contribution in [2.75, 3.05) is 14.2 Å². The van der Waals surface area contributed by atoms with E-state index in [2.05, 4.69) is 13.6 Å². The highest BCUT2D eigenvalue weighted by atomic mass is 31.2. The van der Waals surface area contributed by atoms with E-state index in [1.165, 1.54) is 0 Å². The van der Waals surface area contributed by atoms with Crippen LogP contribution in [0, 0.1) is 5.92 Å². The summed E-state index contributed by atoms with van der Waals surface area (Å²) in [4.78, 5) is 32.3. The van der Waals surface area contributed by atoms with Gasteiger partial charge in [-0.1, -0.05) is 0 Å². The molecule has 0 amide bonds. The Morgan fingerprint density at radius 3 is 1.79 bits per heavy atom. The van der Waals surface area contributed by atoms with E-state index >= 15 is 0 Å². The molecule has 0 aliphatic rings. The number of carbonyl (C=O) groups is 3. The van der Waals surface area contributed by atoms with Gasteiger partial charge in [-0.3, -0.25) is 23.2 Å². The minimum Gasteiger partial charge on any atom is -0.481 e. The largest absolute Gasteiger partial charge is 0.481 e. The third-order valence-corrected chi connectivity index (χ3v) is 3.39. The summed E-state index contributed by atoms with van der Waals surface area (Å²) in [5.41, 5.74) is 0. The lowest BCUT2D eigenvalue weighted by Gasteiger charge is -2.22. The van der Waals surface area contributed by atoms with Gasteiger partial charge in [0.15, 0.2) is 6.10 Å². The van der Waals surface area contributed by atoms with Gasteiger partial charge in [-0.2, -0.15) is 0 Å². The molecule has 0 aromatic heterocycles. The van der Waals surface area contributed by atoms with E-state index in [-0.39, 0.29) is 0 Å². The number of hydrogen-bond donors (Lipinski definition) is 3. The predicted octanol–water partition coefficient (Wildman–Crippen LogP) is 0.0326. The summed E-state index contributed by atoms with van der Waals surface area (Å²) in [6.45, 7) is 0. The van der Waals surface area contributed by atoms with Gasteiger partial charge in [0, 0.05) is 14.2 Å². The van der Waals surface area contributed by atoms with Crippen molar-refractivity contribution in [2.45, 2.75) is 12.5 Å². The lowest BCUT2D eigenvalue weighted by molar-refractivity contribution is -0.161. The second kappa shape index (κ2) is 7.19. The third kappa shape index (κ3) is 5.35. The molecule has 0 rings (SSSR count). The van der Waals surface area contributed by atoms with Crippen LogP contribution in [0.2, 0.25) is 0 Å². The third-order valence-electron chi connectivity index (χ3n) is 2.01. The molecule has 19 heavy (non-hydrogen) atoms. The number of carboxylic acids is 3. The average Bonchev–Trinajstić information content (AvgIpc) is 2.32. The molecule has 0 spiro atoms. The molecule has 0 saturated carbocycles. The Morgan fingerprint density at radius 2 is 1.53 bits per heavy atom. The molecular formula is C8H13O10P. The van der Waals surface area contributed by atoms with Crippen molar-refractivity contribution in [3.8, 4) is 0 Å². The van der Waals surface area contributed by atoms with Crippen LogP contribution in [-0.2, 0) is 32.5 Å². The van der Waals surface area contributed by atoms with Crippen molar-refractivity contribution >= 4 is 25.7 Å². The van der Waals surface area contributed by atoms with Crippen LogP contribution in [0.15, 0.2) is 0 Å². The molecule has 0 saturated heterocycles. The van der Waals surface area contributed by atoms with E-state index in [0.29, 0.717) is 0 Å². The first kappa shape index (κ1) is 17.5. The number of phosphoric ester groups is 1. The maximum absolute atomic E-state index is 11.6. The summed E-state index contributed by atoms with van der Waals surface area (Å²) >= 11 is 0. The molecule has 110 valence electrons. The first-order valence-electron chi connectivity index (χ1n) is 4.74. The highest BCUT2D eigenvalue weighted by molar-refractivity contribution is 7.48. The first-order valence-corrected chi connectivity index (χ1v) is 6.20. The average molecular weight is 300 g/mol. The van der Waals surface area contributed by atoms with E-state index in [9.17, 15) is 18.9 Å². The maximum atomic E-state index is 11.6. The maximum Gasteiger partial charge on any atom is 0.475 e. The zero-order valence-corrected chi connectivity index (χ0v) is 10.9. The van der Waals surface area contributed by atoms with Crippen LogP contribution in [-0.4, -0.2) is 53.6 Å². The van der Waals surface area contributed by atoms with Crippen LogP contribution in [0.4, 0.5) is 0 Å². The van der Waals surface area contributed by atoms with Gasteiger partial charge in [0.2, 0.25) is 0 Å². The summed E-state index contributed by atoms with van der Waals surface area (Å²) in [7, 11) is -2.47. The number of phosphoric acid groups is 1. The highest BCUT2D eigenvalue weighted by Gasteiger charge is 2.42. The quantitative estimate of drug-likeness (QED) is 0.496. The first-order chi connectivity index (χ1) is 8.66. The Bertz CT molecular complexity index is 396. The van der Waals surface area contributed by atoms with Gasteiger partial charge in [-0.15, -0.1) is 0 Å². The van der Waals surface area contributed by atoms with E-state index in [0.717, 1.165) is 14.2 Å². The molecule has 10 nitrogen and oxygen atoms in total. The molecule has 11 heteroatoms. The second-order valence-corrected chi connectivity index (χ2v) is 5.05. The number of carboxylic acid groups (broad SMARTS) is 3. The summed E-state index contributed by atoms with van der Waals surface area (Å²) in [5.74, 6) is -7.03. The van der Waals surface area contributed by atoms with Gasteiger partial charge in [0.1, 0.15) is 5.92 Å². The normalized spacial score (nSPS) is 14.6. The van der Waals surface area contributed by atoms with Crippen LogP contribution in [0.1, 0.15) is 6.42 Å². The fourth-order valence-corrected chi connectivity index (χ4v) is 1.94. The minimum absolute atomic E-state index is 0.899. The Morgan fingerprint density at radius 1 is 1.05 bits per heavy atom. The van der Waals surface area contributed by atoms with Gasteiger partial charge < -0.3 is 15.3 Å². The summed E-state index contributed by atoms with van der Waals surface area (Å²) in [6.07, 6.45) is -3.22. The molecule has 0 heterocycles. The number of rotatable bonds is 9.